The number of para-hydroxylation sites is 1. The summed E-state index contributed by atoms with van der Waals surface area (Å²) in [5.41, 5.74) is 0.243. The number of carbonyl (C=O) groups is 1. The van der Waals surface area contributed by atoms with Crippen molar-refractivity contribution in [1.82, 2.24) is 10.6 Å². The molecule has 0 unspecified atom stereocenters. The van der Waals surface area contributed by atoms with Gasteiger partial charge in [-0.2, -0.15) is 0 Å². The zero-order valence-corrected chi connectivity index (χ0v) is 11.7. The molecule has 5 nitrogen and oxygen atoms in total. The van der Waals surface area contributed by atoms with Crippen molar-refractivity contribution in [1.29, 1.82) is 0 Å². The van der Waals surface area contributed by atoms with Gasteiger partial charge in [0.05, 0.1) is 5.39 Å². The second-order valence-electron chi connectivity index (χ2n) is 5.31. The molecule has 0 spiro atoms. The van der Waals surface area contributed by atoms with E-state index in [9.17, 15) is 9.59 Å². The van der Waals surface area contributed by atoms with E-state index in [-0.39, 0.29) is 17.1 Å². The van der Waals surface area contributed by atoms with E-state index in [0.29, 0.717) is 23.6 Å². The second kappa shape index (κ2) is 6.10. The number of amides is 1. The molecule has 2 N–H and O–H groups in total. The van der Waals surface area contributed by atoms with Gasteiger partial charge >= 0.3 is 0 Å². The highest BCUT2D eigenvalue weighted by molar-refractivity contribution is 5.93. The Morgan fingerprint density at radius 1 is 1.38 bits per heavy atom. The Morgan fingerprint density at radius 2 is 2.24 bits per heavy atom. The van der Waals surface area contributed by atoms with Gasteiger partial charge < -0.3 is 15.1 Å². The van der Waals surface area contributed by atoms with Crippen LogP contribution < -0.4 is 16.1 Å². The topological polar surface area (TPSA) is 71.3 Å². The third-order valence-electron chi connectivity index (χ3n) is 3.80. The summed E-state index contributed by atoms with van der Waals surface area (Å²) >= 11 is 0. The first kappa shape index (κ1) is 13.8. The summed E-state index contributed by atoms with van der Waals surface area (Å²) in [5.74, 6) is -0.270. The van der Waals surface area contributed by atoms with Crippen molar-refractivity contribution in [3.63, 3.8) is 0 Å². The van der Waals surface area contributed by atoms with Crippen LogP contribution in [0.3, 0.4) is 0 Å². The zero-order valence-electron chi connectivity index (χ0n) is 11.7. The minimum atomic E-state index is -0.337. The van der Waals surface area contributed by atoms with Crippen LogP contribution in [-0.2, 0) is 0 Å². The van der Waals surface area contributed by atoms with Gasteiger partial charge in [0.15, 0.2) is 11.2 Å². The third-order valence-corrected chi connectivity index (χ3v) is 3.80. The highest BCUT2D eigenvalue weighted by Gasteiger charge is 2.15. The number of benzene rings is 1. The average Bonchev–Trinajstić information content (AvgIpc) is 3.00. The molecule has 1 atom stereocenters. The maximum atomic E-state index is 12.1. The Bertz CT molecular complexity index is 702. The van der Waals surface area contributed by atoms with Gasteiger partial charge in [-0.1, -0.05) is 12.1 Å². The quantitative estimate of drug-likeness (QED) is 0.897. The molecule has 1 aliphatic rings. The van der Waals surface area contributed by atoms with Gasteiger partial charge in [-0.25, -0.2) is 0 Å². The molecule has 110 valence electrons. The minimum Gasteiger partial charge on any atom is -0.451 e. The highest BCUT2D eigenvalue weighted by atomic mass is 16.3. The van der Waals surface area contributed by atoms with Crippen LogP contribution in [0.2, 0.25) is 0 Å². The number of nitrogens with one attached hydrogen (secondary N) is 2. The van der Waals surface area contributed by atoms with E-state index >= 15 is 0 Å². The molecule has 21 heavy (non-hydrogen) atoms. The lowest BCUT2D eigenvalue weighted by Gasteiger charge is -2.10. The molecule has 2 heterocycles. The molecule has 5 heteroatoms. The van der Waals surface area contributed by atoms with E-state index < -0.39 is 0 Å². The van der Waals surface area contributed by atoms with Crippen LogP contribution in [0.1, 0.15) is 29.8 Å². The van der Waals surface area contributed by atoms with E-state index in [4.69, 9.17) is 4.42 Å². The number of fused-ring (bicyclic) bond motifs is 1. The van der Waals surface area contributed by atoms with E-state index in [1.54, 1.807) is 24.3 Å². The van der Waals surface area contributed by atoms with E-state index in [1.165, 1.54) is 12.5 Å². The van der Waals surface area contributed by atoms with Crippen molar-refractivity contribution in [3.05, 3.63) is 46.3 Å². The molecule has 3 rings (SSSR count). The molecule has 1 saturated heterocycles. The summed E-state index contributed by atoms with van der Waals surface area (Å²) in [6.45, 7) is 1.63. The van der Waals surface area contributed by atoms with Crippen LogP contribution in [0, 0.1) is 0 Å². The minimum absolute atomic E-state index is 0.0677. The van der Waals surface area contributed by atoms with E-state index in [1.807, 2.05) is 0 Å². The van der Waals surface area contributed by atoms with Gasteiger partial charge in [-0.05, 0) is 37.9 Å². The standard InChI is InChI=1S/C16H18N2O3/c19-13-10-15(21-14-6-2-1-5-12(13)14)16(20)18-9-7-11-4-3-8-17-11/h1-2,5-6,10-11,17H,3-4,7-9H2,(H,18,20)/t11-/m1/s1. The molecule has 1 amide bonds. The predicted octanol–water partition coefficient (Wildman–Crippen LogP) is 1.66. The molecule has 1 fully saturated rings. The van der Waals surface area contributed by atoms with Gasteiger partial charge in [-0.15, -0.1) is 0 Å². The van der Waals surface area contributed by atoms with Crippen molar-refractivity contribution in [2.24, 2.45) is 0 Å². The monoisotopic (exact) mass is 286 g/mol. The zero-order chi connectivity index (χ0) is 14.7. The van der Waals surface area contributed by atoms with Gasteiger partial charge in [-0.3, -0.25) is 9.59 Å². The molecule has 0 saturated carbocycles. The number of hydrogen-bond acceptors (Lipinski definition) is 4. The smallest absolute Gasteiger partial charge is 0.287 e. The Morgan fingerprint density at radius 3 is 3.05 bits per heavy atom. The molecule has 1 aromatic heterocycles. The summed E-state index contributed by atoms with van der Waals surface area (Å²) in [6.07, 6.45) is 3.24. The highest BCUT2D eigenvalue weighted by Crippen LogP contribution is 2.12. The molecule has 0 bridgehead atoms. The van der Waals surface area contributed by atoms with Crippen molar-refractivity contribution in [2.75, 3.05) is 13.1 Å². The van der Waals surface area contributed by atoms with Crippen LogP contribution in [0.25, 0.3) is 11.0 Å². The largest absolute Gasteiger partial charge is 0.451 e. The van der Waals surface area contributed by atoms with E-state index in [0.717, 1.165) is 19.4 Å². The van der Waals surface area contributed by atoms with Gasteiger partial charge in [0.25, 0.3) is 5.91 Å². The Hall–Kier alpha value is -2.14. The SMILES string of the molecule is O=C(NCC[C@H]1CCCN1)c1cc(=O)c2ccccc2o1. The van der Waals surface area contributed by atoms with Crippen LogP contribution in [0.4, 0.5) is 0 Å². The van der Waals surface area contributed by atoms with Gasteiger partial charge in [0.1, 0.15) is 5.58 Å². The first-order chi connectivity index (χ1) is 10.2. The first-order valence-corrected chi connectivity index (χ1v) is 7.28. The molecular weight excluding hydrogens is 268 g/mol. The number of hydrogen-bond donors (Lipinski definition) is 2. The van der Waals surface area contributed by atoms with Crippen molar-refractivity contribution in [3.8, 4) is 0 Å². The average molecular weight is 286 g/mol. The molecule has 0 radical (unpaired) electrons. The lowest BCUT2D eigenvalue weighted by Crippen LogP contribution is -2.31. The molecule has 1 aromatic carbocycles. The summed E-state index contributed by atoms with van der Waals surface area (Å²) in [4.78, 5) is 24.0. The summed E-state index contributed by atoms with van der Waals surface area (Å²) < 4.78 is 5.50. The fourth-order valence-electron chi connectivity index (χ4n) is 2.67. The van der Waals surface area contributed by atoms with Crippen LogP contribution in [-0.4, -0.2) is 25.0 Å². The molecule has 1 aliphatic heterocycles. The van der Waals surface area contributed by atoms with Gasteiger partial charge in [0.2, 0.25) is 0 Å². The number of rotatable bonds is 4. The van der Waals surface area contributed by atoms with Crippen molar-refractivity contribution in [2.45, 2.75) is 25.3 Å². The third kappa shape index (κ3) is 3.13. The lowest BCUT2D eigenvalue weighted by atomic mass is 10.1. The lowest BCUT2D eigenvalue weighted by molar-refractivity contribution is 0.0925. The first-order valence-electron chi connectivity index (χ1n) is 7.28. The van der Waals surface area contributed by atoms with Crippen molar-refractivity contribution >= 4 is 16.9 Å². The Balaban J connectivity index is 1.68. The fraction of sp³-hybridized carbons (Fsp3) is 0.375. The predicted molar refractivity (Wildman–Crippen MR) is 80.5 cm³/mol. The Kier molecular flexibility index (Phi) is 4.01. The van der Waals surface area contributed by atoms with Crippen molar-refractivity contribution < 1.29 is 9.21 Å². The van der Waals surface area contributed by atoms with Crippen LogP contribution in [0.15, 0.2) is 39.5 Å². The number of carbonyl (C=O) groups excluding carboxylic acids is 1. The normalized spacial score (nSPS) is 18.0. The van der Waals surface area contributed by atoms with E-state index in [2.05, 4.69) is 10.6 Å². The summed E-state index contributed by atoms with van der Waals surface area (Å²) in [7, 11) is 0. The van der Waals surface area contributed by atoms with Gasteiger partial charge in [0, 0.05) is 18.7 Å². The maximum Gasteiger partial charge on any atom is 0.287 e. The molecular formula is C16H18N2O3. The summed E-state index contributed by atoms with van der Waals surface area (Å²) in [5, 5.41) is 6.67. The van der Waals surface area contributed by atoms with Crippen LogP contribution in [0.5, 0.6) is 0 Å². The molecule has 0 aliphatic carbocycles. The summed E-state index contributed by atoms with van der Waals surface area (Å²) in [6, 6.07) is 8.66. The second-order valence-corrected chi connectivity index (χ2v) is 5.31. The maximum absolute atomic E-state index is 12.1. The molecule has 2 aromatic rings. The van der Waals surface area contributed by atoms with Crippen LogP contribution >= 0.6 is 0 Å². The fourth-order valence-corrected chi connectivity index (χ4v) is 2.67. The Labute approximate surface area is 122 Å².